The van der Waals surface area contributed by atoms with E-state index in [9.17, 15) is 28.0 Å². The maximum absolute atomic E-state index is 13.6. The summed E-state index contributed by atoms with van der Waals surface area (Å²) in [6.45, 7) is 0.832. The summed E-state index contributed by atoms with van der Waals surface area (Å²) in [5.74, 6) is -1.09. The van der Waals surface area contributed by atoms with Crippen LogP contribution < -0.4 is 9.62 Å². The van der Waals surface area contributed by atoms with E-state index in [0.29, 0.717) is 31.6 Å². The summed E-state index contributed by atoms with van der Waals surface area (Å²) >= 11 is 0. The van der Waals surface area contributed by atoms with Gasteiger partial charge in [0.05, 0.1) is 28.6 Å². The zero-order chi connectivity index (χ0) is 22.2. The fraction of sp³-hybridized carbons (Fsp3) is 0.364. The van der Waals surface area contributed by atoms with Crippen molar-refractivity contribution in [2.24, 2.45) is 0 Å². The number of sulfonamides is 1. The quantitative estimate of drug-likeness (QED) is 0.701. The Morgan fingerprint density at radius 2 is 1.84 bits per heavy atom. The van der Waals surface area contributed by atoms with E-state index < -0.39 is 22.2 Å². The highest BCUT2D eigenvalue weighted by Crippen LogP contribution is 2.41. The van der Waals surface area contributed by atoms with Gasteiger partial charge < -0.3 is 10.0 Å². The van der Waals surface area contributed by atoms with Crippen LogP contribution in [0.1, 0.15) is 53.1 Å². The minimum Gasteiger partial charge on any atom is -0.478 e. The third-order valence-electron chi connectivity index (χ3n) is 5.71. The molecule has 2 N–H and O–H groups in total. The van der Waals surface area contributed by atoms with Crippen LogP contribution >= 0.6 is 0 Å². The zero-order valence-electron chi connectivity index (χ0n) is 16.7. The van der Waals surface area contributed by atoms with Gasteiger partial charge in [0, 0.05) is 13.1 Å². The van der Waals surface area contributed by atoms with Gasteiger partial charge in [-0.25, -0.2) is 17.6 Å². The van der Waals surface area contributed by atoms with Crippen LogP contribution in [-0.2, 0) is 10.0 Å². The lowest BCUT2D eigenvalue weighted by Crippen LogP contribution is -2.35. The number of hydrogen-bond acceptors (Lipinski definition) is 5. The van der Waals surface area contributed by atoms with E-state index in [-0.39, 0.29) is 27.6 Å². The van der Waals surface area contributed by atoms with Gasteiger partial charge in [-0.1, -0.05) is 6.07 Å². The van der Waals surface area contributed by atoms with Crippen LogP contribution in [0, 0.1) is 11.3 Å². The number of hydrogen-bond donors (Lipinski definition) is 2. The Balaban J connectivity index is 1.74. The normalized spacial score (nSPS) is 17.2. The molecular weight excluding hydrogens is 421 g/mol. The smallest absolute Gasteiger partial charge is 0.337 e. The first-order valence-electron chi connectivity index (χ1n) is 10.1. The second kappa shape index (κ2) is 8.19. The minimum atomic E-state index is -4.26. The van der Waals surface area contributed by atoms with E-state index >= 15 is 0 Å². The largest absolute Gasteiger partial charge is 0.478 e. The Morgan fingerprint density at radius 1 is 1.13 bits per heavy atom. The molecule has 0 atom stereocenters. The highest BCUT2D eigenvalue weighted by Gasteiger charge is 2.30. The third kappa shape index (κ3) is 4.49. The lowest BCUT2D eigenvalue weighted by molar-refractivity contribution is 0.0692. The molecule has 0 amide bonds. The van der Waals surface area contributed by atoms with Crippen molar-refractivity contribution in [2.45, 2.75) is 42.7 Å². The zero-order valence-corrected chi connectivity index (χ0v) is 17.5. The summed E-state index contributed by atoms with van der Waals surface area (Å²) in [5.41, 5.74) is 1.44. The average Bonchev–Trinajstić information content (AvgIpc) is 3.59. The number of nitrogens with zero attached hydrogens (tertiary/aromatic N) is 2. The number of piperidine rings is 1. The summed E-state index contributed by atoms with van der Waals surface area (Å²) in [5, 5.41) is 18.8. The molecule has 1 aliphatic heterocycles. The molecule has 1 saturated heterocycles. The number of alkyl halides is 1. The minimum absolute atomic E-state index is 0.171. The molecule has 0 unspecified atom stereocenters. The molecule has 2 aromatic carbocycles. The summed E-state index contributed by atoms with van der Waals surface area (Å²) in [4.78, 5) is 13.2. The summed E-state index contributed by atoms with van der Waals surface area (Å²) < 4.78 is 42.6. The first kappa shape index (κ1) is 21.1. The number of rotatable bonds is 6. The number of carbonyl (C=O) groups is 1. The average molecular weight is 444 g/mol. The monoisotopic (exact) mass is 443 g/mol. The Kier molecular flexibility index (Phi) is 5.58. The predicted molar refractivity (Wildman–Crippen MR) is 114 cm³/mol. The first-order valence-corrected chi connectivity index (χ1v) is 11.6. The van der Waals surface area contributed by atoms with Gasteiger partial charge in [-0.3, -0.25) is 4.72 Å². The number of carboxylic acids is 1. The highest BCUT2D eigenvalue weighted by atomic mass is 32.2. The highest BCUT2D eigenvalue weighted by molar-refractivity contribution is 7.92. The van der Waals surface area contributed by atoms with Crippen molar-refractivity contribution < 1.29 is 22.7 Å². The second-order valence-corrected chi connectivity index (χ2v) is 9.60. The van der Waals surface area contributed by atoms with Crippen LogP contribution in [-0.4, -0.2) is 38.8 Å². The Labute approximate surface area is 180 Å². The van der Waals surface area contributed by atoms with Crippen LogP contribution in [0.5, 0.6) is 0 Å². The summed E-state index contributed by atoms with van der Waals surface area (Å²) in [6, 6.07) is 11.0. The van der Waals surface area contributed by atoms with Gasteiger partial charge in [0.1, 0.15) is 11.1 Å². The molecule has 1 heterocycles. The summed E-state index contributed by atoms with van der Waals surface area (Å²) in [7, 11) is -4.26. The van der Waals surface area contributed by atoms with Gasteiger partial charge >= 0.3 is 5.97 Å². The van der Waals surface area contributed by atoms with Gasteiger partial charge in [0.25, 0.3) is 10.0 Å². The van der Waals surface area contributed by atoms with Gasteiger partial charge in [0.15, 0.2) is 0 Å². The van der Waals surface area contributed by atoms with Crippen molar-refractivity contribution in [3.05, 3.63) is 53.1 Å². The van der Waals surface area contributed by atoms with E-state index in [4.69, 9.17) is 0 Å². The van der Waals surface area contributed by atoms with Gasteiger partial charge in [-0.2, -0.15) is 5.26 Å². The van der Waals surface area contributed by atoms with Crippen LogP contribution in [0.25, 0.3) is 0 Å². The molecule has 0 radical (unpaired) electrons. The molecule has 9 heteroatoms. The van der Waals surface area contributed by atoms with E-state index in [0.717, 1.165) is 18.4 Å². The molecule has 0 spiro atoms. The Hall–Kier alpha value is -3.12. The first-order chi connectivity index (χ1) is 14.8. The van der Waals surface area contributed by atoms with Gasteiger partial charge in [-0.05, 0) is 67.5 Å². The van der Waals surface area contributed by atoms with Crippen LogP contribution in [0.2, 0.25) is 0 Å². The van der Waals surface area contributed by atoms with Crippen molar-refractivity contribution in [3.63, 3.8) is 0 Å². The fourth-order valence-corrected chi connectivity index (χ4v) is 5.16. The van der Waals surface area contributed by atoms with E-state index in [1.807, 2.05) is 11.0 Å². The lowest BCUT2D eigenvalue weighted by Gasteiger charge is -2.32. The maximum Gasteiger partial charge on any atom is 0.337 e. The summed E-state index contributed by atoms with van der Waals surface area (Å²) in [6.07, 6.45) is 1.66. The van der Waals surface area contributed by atoms with Crippen LogP contribution in [0.3, 0.4) is 0 Å². The van der Waals surface area contributed by atoms with E-state index in [2.05, 4.69) is 4.72 Å². The molecular formula is C22H22FN3O4S. The fourth-order valence-electron chi connectivity index (χ4n) is 3.86. The molecule has 31 heavy (non-hydrogen) atoms. The van der Waals surface area contributed by atoms with Crippen molar-refractivity contribution in [1.29, 1.82) is 5.26 Å². The van der Waals surface area contributed by atoms with E-state index in [1.54, 1.807) is 18.2 Å². The number of nitrogens with one attached hydrogen (secondary N) is 1. The Bertz CT molecular complexity index is 1160. The van der Waals surface area contributed by atoms with Crippen LogP contribution in [0.15, 0.2) is 41.3 Å². The van der Waals surface area contributed by atoms with Crippen molar-refractivity contribution >= 4 is 27.4 Å². The Morgan fingerprint density at radius 3 is 2.45 bits per heavy atom. The number of anilines is 2. The number of nitriles is 1. The molecule has 162 valence electrons. The predicted octanol–water partition coefficient (Wildman–Crippen LogP) is 3.87. The number of aromatic carboxylic acids is 1. The SMILES string of the molecule is N#Cc1ccc(N2CCC(F)CC2)c(NS(=O)(=O)c2cc(C3CC3)ccc2C(=O)O)c1. The number of halogens is 1. The molecule has 7 nitrogen and oxygen atoms in total. The third-order valence-corrected chi connectivity index (χ3v) is 7.11. The lowest BCUT2D eigenvalue weighted by atomic mass is 10.1. The molecule has 4 rings (SSSR count). The van der Waals surface area contributed by atoms with Crippen molar-refractivity contribution in [2.75, 3.05) is 22.7 Å². The standard InChI is InChI=1S/C22H22FN3O4S/c23-17-7-9-26(10-8-17)20-6-1-14(13-24)11-19(20)25-31(29,30)21-12-16(15-2-3-15)4-5-18(21)22(27)28/h1,4-6,11-12,15,17,25H,2-3,7-10H2,(H,27,28). The molecule has 2 fully saturated rings. The number of benzene rings is 2. The van der Waals surface area contributed by atoms with Crippen LogP contribution in [0.4, 0.5) is 15.8 Å². The molecule has 0 aromatic heterocycles. The van der Waals surface area contributed by atoms with Crippen molar-refractivity contribution in [3.8, 4) is 6.07 Å². The molecule has 2 aromatic rings. The molecule has 0 bridgehead atoms. The van der Waals surface area contributed by atoms with E-state index in [1.165, 1.54) is 18.2 Å². The number of carboxylic acid groups (broad SMARTS) is 1. The van der Waals surface area contributed by atoms with Crippen molar-refractivity contribution in [1.82, 2.24) is 0 Å². The second-order valence-electron chi connectivity index (χ2n) is 7.95. The topological polar surface area (TPSA) is 111 Å². The molecule has 1 saturated carbocycles. The molecule has 2 aliphatic rings. The maximum atomic E-state index is 13.6. The molecule has 1 aliphatic carbocycles. The van der Waals surface area contributed by atoms with Gasteiger partial charge in [-0.15, -0.1) is 0 Å². The van der Waals surface area contributed by atoms with Gasteiger partial charge in [0.2, 0.25) is 0 Å².